The van der Waals surface area contributed by atoms with E-state index in [-0.39, 0.29) is 23.8 Å². The van der Waals surface area contributed by atoms with Crippen LogP contribution in [0, 0.1) is 5.92 Å². The van der Waals surface area contributed by atoms with Gasteiger partial charge in [-0.05, 0) is 33.2 Å². The highest BCUT2D eigenvalue weighted by atomic mass is 16.5. The molecular formula is C12H22N2O3. The second kappa shape index (κ2) is 6.59. The fraction of sp³-hybridized carbons (Fsp3) is 0.833. The van der Waals surface area contributed by atoms with Gasteiger partial charge in [0.1, 0.15) is 0 Å². The zero-order chi connectivity index (χ0) is 12.8. The molecule has 1 unspecified atom stereocenters. The van der Waals surface area contributed by atoms with Gasteiger partial charge in [0, 0.05) is 13.1 Å². The SMILES string of the molecule is CCNC(=O)C(C)N1CCC[C@H](C(=O)OC)C1. The van der Waals surface area contributed by atoms with Crippen molar-refractivity contribution in [2.75, 3.05) is 26.7 Å². The number of amides is 1. The van der Waals surface area contributed by atoms with Crippen LogP contribution >= 0.6 is 0 Å². The molecule has 1 fully saturated rings. The van der Waals surface area contributed by atoms with Crippen molar-refractivity contribution in [3.8, 4) is 0 Å². The number of esters is 1. The molecule has 0 aliphatic carbocycles. The first-order valence-corrected chi connectivity index (χ1v) is 6.19. The van der Waals surface area contributed by atoms with Crippen molar-refractivity contribution in [3.05, 3.63) is 0 Å². The summed E-state index contributed by atoms with van der Waals surface area (Å²) in [5, 5.41) is 2.80. The van der Waals surface area contributed by atoms with Crippen LogP contribution in [0.15, 0.2) is 0 Å². The normalized spacial score (nSPS) is 22.9. The maximum absolute atomic E-state index is 11.7. The Balaban J connectivity index is 2.54. The van der Waals surface area contributed by atoms with E-state index in [4.69, 9.17) is 4.74 Å². The maximum Gasteiger partial charge on any atom is 0.309 e. The number of hydrogen-bond acceptors (Lipinski definition) is 4. The predicted octanol–water partition coefficient (Wildman–Crippen LogP) is 0.396. The number of methoxy groups -OCH3 is 1. The monoisotopic (exact) mass is 242 g/mol. The van der Waals surface area contributed by atoms with Gasteiger partial charge in [-0.1, -0.05) is 0 Å². The second-order valence-corrected chi connectivity index (χ2v) is 4.43. The number of carbonyl (C=O) groups is 2. The molecule has 1 aliphatic heterocycles. The van der Waals surface area contributed by atoms with Gasteiger partial charge in [0.2, 0.25) is 5.91 Å². The summed E-state index contributed by atoms with van der Waals surface area (Å²) in [5.41, 5.74) is 0. The van der Waals surface area contributed by atoms with Gasteiger partial charge in [0.05, 0.1) is 19.1 Å². The third kappa shape index (κ3) is 3.70. The van der Waals surface area contributed by atoms with Gasteiger partial charge in [-0.3, -0.25) is 14.5 Å². The number of nitrogens with zero attached hydrogens (tertiary/aromatic N) is 1. The van der Waals surface area contributed by atoms with Crippen LogP contribution in [-0.2, 0) is 14.3 Å². The van der Waals surface area contributed by atoms with Crippen molar-refractivity contribution in [1.29, 1.82) is 0 Å². The highest BCUT2D eigenvalue weighted by molar-refractivity contribution is 5.81. The van der Waals surface area contributed by atoms with Crippen LogP contribution in [0.4, 0.5) is 0 Å². The second-order valence-electron chi connectivity index (χ2n) is 4.43. The van der Waals surface area contributed by atoms with Crippen LogP contribution in [0.1, 0.15) is 26.7 Å². The van der Waals surface area contributed by atoms with E-state index in [2.05, 4.69) is 10.2 Å². The molecule has 1 amide bonds. The molecule has 1 rings (SSSR count). The molecule has 1 heterocycles. The zero-order valence-corrected chi connectivity index (χ0v) is 10.9. The van der Waals surface area contributed by atoms with Crippen LogP contribution in [0.25, 0.3) is 0 Å². The van der Waals surface area contributed by atoms with Crippen LogP contribution in [0.2, 0.25) is 0 Å². The Morgan fingerprint density at radius 1 is 1.53 bits per heavy atom. The summed E-state index contributed by atoms with van der Waals surface area (Å²) in [7, 11) is 1.41. The molecule has 0 saturated carbocycles. The number of likely N-dealkylation sites (tertiary alicyclic amines) is 1. The van der Waals surface area contributed by atoms with E-state index in [9.17, 15) is 9.59 Å². The van der Waals surface area contributed by atoms with E-state index in [0.717, 1.165) is 19.4 Å². The van der Waals surface area contributed by atoms with E-state index < -0.39 is 0 Å². The highest BCUT2D eigenvalue weighted by Gasteiger charge is 2.30. The lowest BCUT2D eigenvalue weighted by molar-refractivity contribution is -0.148. The molecule has 5 nitrogen and oxygen atoms in total. The van der Waals surface area contributed by atoms with Gasteiger partial charge < -0.3 is 10.1 Å². The average molecular weight is 242 g/mol. The first-order valence-electron chi connectivity index (χ1n) is 6.19. The van der Waals surface area contributed by atoms with Crippen LogP contribution in [0.3, 0.4) is 0 Å². The summed E-state index contributed by atoms with van der Waals surface area (Å²) >= 11 is 0. The van der Waals surface area contributed by atoms with Gasteiger partial charge in [-0.2, -0.15) is 0 Å². The third-order valence-corrected chi connectivity index (χ3v) is 3.27. The molecule has 1 saturated heterocycles. The molecule has 1 N–H and O–H groups in total. The molecule has 0 aromatic carbocycles. The lowest BCUT2D eigenvalue weighted by Crippen LogP contribution is -2.50. The highest BCUT2D eigenvalue weighted by Crippen LogP contribution is 2.19. The number of hydrogen-bond donors (Lipinski definition) is 1. The first-order chi connectivity index (χ1) is 8.10. The molecule has 0 bridgehead atoms. The van der Waals surface area contributed by atoms with Gasteiger partial charge >= 0.3 is 5.97 Å². The number of rotatable bonds is 4. The average Bonchev–Trinajstić information content (AvgIpc) is 2.37. The van der Waals surface area contributed by atoms with Crippen molar-refractivity contribution in [2.45, 2.75) is 32.7 Å². The molecular weight excluding hydrogens is 220 g/mol. The summed E-state index contributed by atoms with van der Waals surface area (Å²) < 4.78 is 4.76. The van der Waals surface area contributed by atoms with E-state index in [0.29, 0.717) is 13.1 Å². The summed E-state index contributed by atoms with van der Waals surface area (Å²) in [6, 6.07) is -0.178. The lowest BCUT2D eigenvalue weighted by Gasteiger charge is -2.34. The molecule has 2 atom stereocenters. The Kier molecular flexibility index (Phi) is 5.41. The van der Waals surface area contributed by atoms with Gasteiger partial charge in [0.25, 0.3) is 0 Å². The maximum atomic E-state index is 11.7. The number of likely N-dealkylation sites (N-methyl/N-ethyl adjacent to an activating group) is 1. The summed E-state index contributed by atoms with van der Waals surface area (Å²) in [4.78, 5) is 25.3. The third-order valence-electron chi connectivity index (χ3n) is 3.27. The van der Waals surface area contributed by atoms with E-state index in [1.165, 1.54) is 7.11 Å². The van der Waals surface area contributed by atoms with E-state index in [1.54, 1.807) is 0 Å². The van der Waals surface area contributed by atoms with Crippen molar-refractivity contribution in [1.82, 2.24) is 10.2 Å². The Hall–Kier alpha value is -1.10. The lowest BCUT2D eigenvalue weighted by atomic mass is 9.97. The minimum Gasteiger partial charge on any atom is -0.469 e. The zero-order valence-electron chi connectivity index (χ0n) is 10.9. The number of ether oxygens (including phenoxy) is 1. The predicted molar refractivity (Wildman–Crippen MR) is 64.5 cm³/mol. The van der Waals surface area contributed by atoms with Crippen LogP contribution in [-0.4, -0.2) is 49.6 Å². The van der Waals surface area contributed by atoms with Crippen molar-refractivity contribution < 1.29 is 14.3 Å². The minimum absolute atomic E-state index is 0.0259. The Morgan fingerprint density at radius 2 is 2.24 bits per heavy atom. The number of piperidine rings is 1. The molecule has 98 valence electrons. The Morgan fingerprint density at radius 3 is 2.82 bits per heavy atom. The topological polar surface area (TPSA) is 58.6 Å². The summed E-state index contributed by atoms with van der Waals surface area (Å²) in [6.07, 6.45) is 1.79. The van der Waals surface area contributed by atoms with Crippen molar-refractivity contribution in [2.24, 2.45) is 5.92 Å². The number of carbonyl (C=O) groups excluding carboxylic acids is 2. The number of nitrogens with one attached hydrogen (secondary N) is 1. The fourth-order valence-corrected chi connectivity index (χ4v) is 2.21. The van der Waals surface area contributed by atoms with E-state index >= 15 is 0 Å². The van der Waals surface area contributed by atoms with Crippen molar-refractivity contribution >= 4 is 11.9 Å². The molecule has 0 aromatic rings. The summed E-state index contributed by atoms with van der Waals surface area (Å²) in [6.45, 7) is 5.90. The first kappa shape index (κ1) is 14.0. The minimum atomic E-state index is -0.178. The Labute approximate surface area is 102 Å². The van der Waals surface area contributed by atoms with Gasteiger partial charge in [-0.25, -0.2) is 0 Å². The van der Waals surface area contributed by atoms with Crippen molar-refractivity contribution in [3.63, 3.8) is 0 Å². The standard InChI is InChI=1S/C12H22N2O3/c1-4-13-11(15)9(2)14-7-5-6-10(8-14)12(16)17-3/h9-10H,4-8H2,1-3H3,(H,13,15)/t9?,10-/m0/s1. The molecule has 0 radical (unpaired) electrons. The molecule has 0 spiro atoms. The Bertz CT molecular complexity index is 281. The largest absolute Gasteiger partial charge is 0.469 e. The van der Waals surface area contributed by atoms with Gasteiger partial charge in [-0.15, -0.1) is 0 Å². The van der Waals surface area contributed by atoms with Crippen LogP contribution in [0.5, 0.6) is 0 Å². The molecule has 5 heteroatoms. The van der Waals surface area contributed by atoms with Crippen LogP contribution < -0.4 is 5.32 Å². The fourth-order valence-electron chi connectivity index (χ4n) is 2.21. The quantitative estimate of drug-likeness (QED) is 0.725. The van der Waals surface area contributed by atoms with Gasteiger partial charge in [0.15, 0.2) is 0 Å². The smallest absolute Gasteiger partial charge is 0.309 e. The summed E-state index contributed by atoms with van der Waals surface area (Å²) in [5.74, 6) is -0.235. The molecule has 17 heavy (non-hydrogen) atoms. The molecule has 0 aromatic heterocycles. The molecule has 1 aliphatic rings. The van der Waals surface area contributed by atoms with E-state index in [1.807, 2.05) is 13.8 Å².